The maximum atomic E-state index is 8.84. The molecule has 0 spiro atoms. The van der Waals surface area contributed by atoms with E-state index in [0.717, 1.165) is 5.56 Å². The highest BCUT2D eigenvalue weighted by Gasteiger charge is 2.12. The van der Waals surface area contributed by atoms with E-state index in [1.165, 1.54) is 31.6 Å². The second-order valence-corrected chi connectivity index (χ2v) is 4.40. The van der Waals surface area contributed by atoms with Gasteiger partial charge in [-0.25, -0.2) is 0 Å². The van der Waals surface area contributed by atoms with Crippen LogP contribution in [0.3, 0.4) is 0 Å². The molecule has 0 amide bonds. The number of halogens is 1. The SMILES string of the molecule is Cl.N[C@@H](CCO)c1ccc(N2CCCC2)cc1. The topological polar surface area (TPSA) is 49.5 Å². The van der Waals surface area contributed by atoms with E-state index in [2.05, 4.69) is 29.2 Å². The first-order valence-electron chi connectivity index (χ1n) is 6.02. The lowest BCUT2D eigenvalue weighted by atomic mass is 10.0. The minimum absolute atomic E-state index is 0. The summed E-state index contributed by atoms with van der Waals surface area (Å²) in [5.41, 5.74) is 8.33. The van der Waals surface area contributed by atoms with E-state index in [4.69, 9.17) is 10.8 Å². The average Bonchev–Trinajstić information content (AvgIpc) is 2.83. The summed E-state index contributed by atoms with van der Waals surface area (Å²) in [7, 11) is 0. The Bertz CT molecular complexity index is 323. The summed E-state index contributed by atoms with van der Waals surface area (Å²) in [5.74, 6) is 0. The van der Waals surface area contributed by atoms with Gasteiger partial charge in [0.05, 0.1) is 0 Å². The van der Waals surface area contributed by atoms with Crippen molar-refractivity contribution in [1.29, 1.82) is 0 Å². The van der Waals surface area contributed by atoms with Gasteiger partial charge >= 0.3 is 0 Å². The molecule has 1 aromatic carbocycles. The Balaban J connectivity index is 0.00000144. The molecule has 4 heteroatoms. The molecule has 0 saturated carbocycles. The Morgan fingerprint density at radius 3 is 2.29 bits per heavy atom. The van der Waals surface area contributed by atoms with Crippen LogP contribution in [0.15, 0.2) is 24.3 Å². The molecule has 1 heterocycles. The summed E-state index contributed by atoms with van der Waals surface area (Å²) in [6.07, 6.45) is 3.22. The van der Waals surface area contributed by atoms with Crippen molar-refractivity contribution in [3.05, 3.63) is 29.8 Å². The fourth-order valence-electron chi connectivity index (χ4n) is 2.21. The molecule has 0 bridgehead atoms. The third-order valence-electron chi connectivity index (χ3n) is 3.23. The average molecular weight is 257 g/mol. The number of anilines is 1. The van der Waals surface area contributed by atoms with Crippen molar-refractivity contribution in [3.63, 3.8) is 0 Å². The Kier molecular flexibility index (Phi) is 5.75. The van der Waals surface area contributed by atoms with E-state index in [0.29, 0.717) is 6.42 Å². The number of benzene rings is 1. The lowest BCUT2D eigenvalue weighted by molar-refractivity contribution is 0.276. The molecule has 17 heavy (non-hydrogen) atoms. The second-order valence-electron chi connectivity index (χ2n) is 4.40. The highest BCUT2D eigenvalue weighted by Crippen LogP contribution is 2.22. The van der Waals surface area contributed by atoms with Crippen molar-refractivity contribution < 1.29 is 5.11 Å². The largest absolute Gasteiger partial charge is 0.396 e. The van der Waals surface area contributed by atoms with Crippen LogP contribution in [-0.4, -0.2) is 24.8 Å². The van der Waals surface area contributed by atoms with E-state index < -0.39 is 0 Å². The fraction of sp³-hybridized carbons (Fsp3) is 0.538. The third kappa shape index (κ3) is 3.60. The standard InChI is InChI=1S/C13H20N2O.ClH/c14-13(7-10-16)11-3-5-12(6-4-11)15-8-1-2-9-15;/h3-6,13,16H,1-2,7-10,14H2;1H/t13-;/m0./s1. The smallest absolute Gasteiger partial charge is 0.0449 e. The quantitative estimate of drug-likeness (QED) is 0.867. The molecular formula is C13H21ClN2O. The summed E-state index contributed by atoms with van der Waals surface area (Å²) in [6, 6.07) is 8.38. The van der Waals surface area contributed by atoms with Crippen LogP contribution < -0.4 is 10.6 Å². The van der Waals surface area contributed by atoms with Gasteiger partial charge in [-0.15, -0.1) is 12.4 Å². The molecule has 1 fully saturated rings. The zero-order valence-electron chi connectivity index (χ0n) is 10.0. The molecule has 3 nitrogen and oxygen atoms in total. The second kappa shape index (κ2) is 6.84. The van der Waals surface area contributed by atoms with Crippen LogP contribution >= 0.6 is 12.4 Å². The van der Waals surface area contributed by atoms with Gasteiger partial charge in [0.25, 0.3) is 0 Å². The Morgan fingerprint density at radius 2 is 1.76 bits per heavy atom. The number of aliphatic hydroxyl groups is 1. The first kappa shape index (κ1) is 14.3. The lowest BCUT2D eigenvalue weighted by Crippen LogP contribution is -2.18. The number of aliphatic hydroxyl groups excluding tert-OH is 1. The predicted octanol–water partition coefficient (Wildman–Crippen LogP) is 2.09. The van der Waals surface area contributed by atoms with E-state index in [9.17, 15) is 0 Å². The summed E-state index contributed by atoms with van der Waals surface area (Å²) < 4.78 is 0. The molecule has 1 atom stereocenters. The molecule has 1 aliphatic rings. The van der Waals surface area contributed by atoms with Gasteiger partial charge in [0, 0.05) is 31.4 Å². The van der Waals surface area contributed by atoms with Gasteiger partial charge in [0.2, 0.25) is 0 Å². The molecule has 0 aromatic heterocycles. The molecule has 0 aliphatic carbocycles. The lowest BCUT2D eigenvalue weighted by Gasteiger charge is -2.18. The van der Waals surface area contributed by atoms with Crippen LogP contribution in [0.5, 0.6) is 0 Å². The summed E-state index contributed by atoms with van der Waals surface area (Å²) in [4.78, 5) is 2.40. The van der Waals surface area contributed by atoms with Crippen molar-refractivity contribution in [1.82, 2.24) is 0 Å². The van der Waals surface area contributed by atoms with Gasteiger partial charge in [0.1, 0.15) is 0 Å². The third-order valence-corrected chi connectivity index (χ3v) is 3.23. The molecule has 0 unspecified atom stereocenters. The van der Waals surface area contributed by atoms with Crippen molar-refractivity contribution in [2.45, 2.75) is 25.3 Å². The van der Waals surface area contributed by atoms with Crippen LogP contribution in [0.25, 0.3) is 0 Å². The molecule has 1 saturated heterocycles. The van der Waals surface area contributed by atoms with Crippen LogP contribution in [0, 0.1) is 0 Å². The van der Waals surface area contributed by atoms with E-state index >= 15 is 0 Å². The molecule has 1 aliphatic heterocycles. The Labute approximate surface area is 109 Å². The van der Waals surface area contributed by atoms with Crippen LogP contribution in [-0.2, 0) is 0 Å². The van der Waals surface area contributed by atoms with E-state index in [1.807, 2.05) is 0 Å². The number of hydrogen-bond acceptors (Lipinski definition) is 3. The van der Waals surface area contributed by atoms with Crippen molar-refractivity contribution in [3.8, 4) is 0 Å². The van der Waals surface area contributed by atoms with Crippen molar-refractivity contribution >= 4 is 18.1 Å². The monoisotopic (exact) mass is 256 g/mol. The number of nitrogens with two attached hydrogens (primary N) is 1. The molecular weight excluding hydrogens is 236 g/mol. The summed E-state index contributed by atoms with van der Waals surface area (Å²) in [6.45, 7) is 2.49. The Morgan fingerprint density at radius 1 is 1.18 bits per heavy atom. The molecule has 96 valence electrons. The zero-order chi connectivity index (χ0) is 11.4. The van der Waals surface area contributed by atoms with E-state index in [1.54, 1.807) is 0 Å². The minimum Gasteiger partial charge on any atom is -0.396 e. The maximum Gasteiger partial charge on any atom is 0.0449 e. The normalized spacial score (nSPS) is 16.7. The van der Waals surface area contributed by atoms with Crippen LogP contribution in [0.4, 0.5) is 5.69 Å². The highest BCUT2D eigenvalue weighted by molar-refractivity contribution is 5.85. The summed E-state index contributed by atoms with van der Waals surface area (Å²) in [5, 5.41) is 8.84. The number of hydrogen-bond donors (Lipinski definition) is 2. The first-order chi connectivity index (χ1) is 7.81. The van der Waals surface area contributed by atoms with Gasteiger partial charge in [0.15, 0.2) is 0 Å². The van der Waals surface area contributed by atoms with Gasteiger partial charge in [-0.3, -0.25) is 0 Å². The van der Waals surface area contributed by atoms with Crippen LogP contribution in [0.1, 0.15) is 30.9 Å². The van der Waals surface area contributed by atoms with Gasteiger partial charge in [-0.2, -0.15) is 0 Å². The van der Waals surface area contributed by atoms with E-state index in [-0.39, 0.29) is 25.1 Å². The highest BCUT2D eigenvalue weighted by atomic mass is 35.5. The number of nitrogens with zero attached hydrogens (tertiary/aromatic N) is 1. The van der Waals surface area contributed by atoms with Gasteiger partial charge in [-0.1, -0.05) is 12.1 Å². The van der Waals surface area contributed by atoms with Gasteiger partial charge < -0.3 is 15.7 Å². The summed E-state index contributed by atoms with van der Waals surface area (Å²) >= 11 is 0. The van der Waals surface area contributed by atoms with Crippen molar-refractivity contribution in [2.75, 3.05) is 24.6 Å². The molecule has 3 N–H and O–H groups in total. The van der Waals surface area contributed by atoms with Crippen molar-refractivity contribution in [2.24, 2.45) is 5.73 Å². The van der Waals surface area contributed by atoms with Crippen LogP contribution in [0.2, 0.25) is 0 Å². The Hall–Kier alpha value is -0.770. The fourth-order valence-corrected chi connectivity index (χ4v) is 2.21. The predicted molar refractivity (Wildman–Crippen MR) is 73.8 cm³/mol. The molecule has 1 aromatic rings. The zero-order valence-corrected chi connectivity index (χ0v) is 10.8. The number of rotatable bonds is 4. The molecule has 2 rings (SSSR count). The first-order valence-corrected chi connectivity index (χ1v) is 6.02. The van der Waals surface area contributed by atoms with Gasteiger partial charge in [-0.05, 0) is 37.0 Å². The maximum absolute atomic E-state index is 8.84. The minimum atomic E-state index is -0.0439. The molecule has 0 radical (unpaired) electrons.